The highest BCUT2D eigenvalue weighted by Crippen LogP contribution is 2.44. The van der Waals surface area contributed by atoms with E-state index in [0.717, 1.165) is 27.8 Å². The molecule has 0 bridgehead atoms. The fraction of sp³-hybridized carbons (Fsp3) is 0.118. The second kappa shape index (κ2) is 3.81. The van der Waals surface area contributed by atoms with E-state index in [4.69, 9.17) is 0 Å². The van der Waals surface area contributed by atoms with Crippen molar-refractivity contribution in [3.63, 3.8) is 0 Å². The zero-order valence-electron chi connectivity index (χ0n) is 11.0. The summed E-state index contributed by atoms with van der Waals surface area (Å²) in [5, 5.41) is 12.1. The number of aromatic nitrogens is 1. The minimum Gasteiger partial charge on any atom is -0.384 e. The standard InChI is InChI=1S/C17H13NO2/c1-18-15-11-7-3-4-8-12(11)16(19)14(15)10-6-2-5-9-13(10)17(18)20/h2-9,16,19H,1H3. The second-order valence-electron chi connectivity index (χ2n) is 5.16. The Labute approximate surface area is 115 Å². The van der Waals surface area contributed by atoms with Crippen LogP contribution in [0.5, 0.6) is 0 Å². The molecule has 2 aromatic carbocycles. The zero-order valence-corrected chi connectivity index (χ0v) is 11.0. The van der Waals surface area contributed by atoms with Gasteiger partial charge in [-0.05, 0) is 17.0 Å². The van der Waals surface area contributed by atoms with E-state index in [9.17, 15) is 9.90 Å². The van der Waals surface area contributed by atoms with Gasteiger partial charge in [-0.3, -0.25) is 4.79 Å². The number of aliphatic hydroxyl groups is 1. The van der Waals surface area contributed by atoms with Crippen LogP contribution in [0.25, 0.3) is 22.0 Å². The van der Waals surface area contributed by atoms with Crippen molar-refractivity contribution in [1.82, 2.24) is 4.57 Å². The van der Waals surface area contributed by atoms with Gasteiger partial charge in [-0.15, -0.1) is 0 Å². The molecule has 4 rings (SSSR count). The molecule has 0 spiro atoms. The van der Waals surface area contributed by atoms with Crippen LogP contribution in [0.1, 0.15) is 17.2 Å². The predicted octanol–water partition coefficient (Wildman–Crippen LogP) is 2.60. The highest BCUT2D eigenvalue weighted by molar-refractivity contribution is 5.93. The smallest absolute Gasteiger partial charge is 0.258 e. The Kier molecular flexibility index (Phi) is 2.18. The van der Waals surface area contributed by atoms with Crippen LogP contribution in [0, 0.1) is 0 Å². The van der Waals surface area contributed by atoms with E-state index in [-0.39, 0.29) is 5.56 Å². The molecule has 1 aliphatic carbocycles. The van der Waals surface area contributed by atoms with E-state index in [0.29, 0.717) is 5.39 Å². The Morgan fingerprint density at radius 1 is 1.00 bits per heavy atom. The molecular weight excluding hydrogens is 250 g/mol. The molecule has 0 fully saturated rings. The van der Waals surface area contributed by atoms with Gasteiger partial charge in [0.25, 0.3) is 5.56 Å². The number of pyridine rings is 1. The number of rotatable bonds is 0. The van der Waals surface area contributed by atoms with Gasteiger partial charge in [0.15, 0.2) is 0 Å². The molecule has 1 aromatic heterocycles. The number of hydrogen-bond acceptors (Lipinski definition) is 2. The van der Waals surface area contributed by atoms with Crippen LogP contribution in [0.4, 0.5) is 0 Å². The first-order valence-corrected chi connectivity index (χ1v) is 6.59. The van der Waals surface area contributed by atoms with Crippen LogP contribution >= 0.6 is 0 Å². The summed E-state index contributed by atoms with van der Waals surface area (Å²) in [4.78, 5) is 12.5. The highest BCUT2D eigenvalue weighted by atomic mass is 16.3. The third-order valence-corrected chi connectivity index (χ3v) is 4.13. The van der Waals surface area contributed by atoms with E-state index in [1.54, 1.807) is 11.6 Å². The van der Waals surface area contributed by atoms with Crippen LogP contribution in [0.3, 0.4) is 0 Å². The van der Waals surface area contributed by atoms with Crippen molar-refractivity contribution in [3.05, 3.63) is 70.0 Å². The molecule has 0 amide bonds. The molecular formula is C17H13NO2. The lowest BCUT2D eigenvalue weighted by Crippen LogP contribution is -2.19. The number of hydrogen-bond donors (Lipinski definition) is 1. The minimum atomic E-state index is -0.669. The molecule has 0 saturated heterocycles. The number of nitrogens with zero attached hydrogens (tertiary/aromatic N) is 1. The Morgan fingerprint density at radius 2 is 1.65 bits per heavy atom. The summed E-state index contributed by atoms with van der Waals surface area (Å²) >= 11 is 0. The molecule has 20 heavy (non-hydrogen) atoms. The van der Waals surface area contributed by atoms with Gasteiger partial charge in [-0.2, -0.15) is 0 Å². The summed E-state index contributed by atoms with van der Waals surface area (Å²) in [5.41, 5.74) is 3.46. The molecule has 1 N–H and O–H groups in total. The first-order chi connectivity index (χ1) is 9.70. The number of benzene rings is 2. The van der Waals surface area contributed by atoms with E-state index < -0.39 is 6.10 Å². The van der Waals surface area contributed by atoms with Gasteiger partial charge >= 0.3 is 0 Å². The SMILES string of the molecule is Cn1c2c(c3ccccc3c1=O)C(O)c1ccccc1-2. The molecule has 1 aliphatic rings. The van der Waals surface area contributed by atoms with Gasteiger partial charge in [0.1, 0.15) is 6.10 Å². The molecule has 3 heteroatoms. The van der Waals surface area contributed by atoms with E-state index in [1.165, 1.54) is 0 Å². The van der Waals surface area contributed by atoms with Gasteiger partial charge in [-0.1, -0.05) is 42.5 Å². The van der Waals surface area contributed by atoms with Gasteiger partial charge in [0.2, 0.25) is 0 Å². The summed E-state index contributed by atoms with van der Waals surface area (Å²) in [5.74, 6) is 0. The molecule has 1 unspecified atom stereocenters. The molecule has 0 radical (unpaired) electrons. The van der Waals surface area contributed by atoms with Crippen molar-refractivity contribution in [2.24, 2.45) is 7.05 Å². The third kappa shape index (κ3) is 1.25. The zero-order chi connectivity index (χ0) is 13.9. The maximum Gasteiger partial charge on any atom is 0.258 e. The van der Waals surface area contributed by atoms with Crippen LogP contribution in [-0.2, 0) is 7.05 Å². The fourth-order valence-electron chi connectivity index (χ4n) is 3.20. The molecule has 1 atom stereocenters. The van der Waals surface area contributed by atoms with Gasteiger partial charge < -0.3 is 9.67 Å². The summed E-state index contributed by atoms with van der Waals surface area (Å²) in [7, 11) is 1.77. The number of fused-ring (bicyclic) bond motifs is 5. The Bertz CT molecular complexity index is 908. The van der Waals surface area contributed by atoms with Crippen LogP contribution in [0.15, 0.2) is 53.3 Å². The summed E-state index contributed by atoms with van der Waals surface area (Å²) in [6.07, 6.45) is -0.669. The molecule has 3 nitrogen and oxygen atoms in total. The van der Waals surface area contributed by atoms with Crippen molar-refractivity contribution in [2.45, 2.75) is 6.10 Å². The van der Waals surface area contributed by atoms with Crippen molar-refractivity contribution < 1.29 is 5.11 Å². The van der Waals surface area contributed by atoms with E-state index in [2.05, 4.69) is 0 Å². The molecule has 1 heterocycles. The Morgan fingerprint density at radius 3 is 2.45 bits per heavy atom. The minimum absolute atomic E-state index is 0.0248. The second-order valence-corrected chi connectivity index (χ2v) is 5.16. The van der Waals surface area contributed by atoms with E-state index in [1.807, 2.05) is 48.5 Å². The van der Waals surface area contributed by atoms with Gasteiger partial charge in [0.05, 0.1) is 5.69 Å². The summed E-state index contributed by atoms with van der Waals surface area (Å²) in [6.45, 7) is 0. The van der Waals surface area contributed by atoms with E-state index >= 15 is 0 Å². The van der Waals surface area contributed by atoms with Crippen molar-refractivity contribution in [2.75, 3.05) is 0 Å². The normalized spacial score (nSPS) is 16.2. The van der Waals surface area contributed by atoms with Gasteiger partial charge in [0, 0.05) is 23.6 Å². The summed E-state index contributed by atoms with van der Waals surface area (Å²) in [6, 6.07) is 15.2. The predicted molar refractivity (Wildman–Crippen MR) is 78.7 cm³/mol. The van der Waals surface area contributed by atoms with Crippen LogP contribution in [-0.4, -0.2) is 9.67 Å². The van der Waals surface area contributed by atoms with Crippen LogP contribution in [0.2, 0.25) is 0 Å². The van der Waals surface area contributed by atoms with Crippen molar-refractivity contribution in [1.29, 1.82) is 0 Å². The molecule has 98 valence electrons. The maximum atomic E-state index is 12.5. The molecule has 0 saturated carbocycles. The van der Waals surface area contributed by atoms with Crippen molar-refractivity contribution in [3.8, 4) is 11.3 Å². The Hall–Kier alpha value is -2.39. The lowest BCUT2D eigenvalue weighted by Gasteiger charge is -2.12. The molecule has 3 aromatic rings. The molecule has 0 aliphatic heterocycles. The maximum absolute atomic E-state index is 12.5. The summed E-state index contributed by atoms with van der Waals surface area (Å²) < 4.78 is 1.65. The lowest BCUT2D eigenvalue weighted by atomic mass is 10.0. The largest absolute Gasteiger partial charge is 0.384 e. The van der Waals surface area contributed by atoms with Crippen LogP contribution < -0.4 is 5.56 Å². The first-order valence-electron chi connectivity index (χ1n) is 6.59. The Balaban J connectivity index is 2.27. The van der Waals surface area contributed by atoms with Crippen molar-refractivity contribution >= 4 is 10.8 Å². The quantitative estimate of drug-likeness (QED) is 0.677. The van der Waals surface area contributed by atoms with Gasteiger partial charge in [-0.25, -0.2) is 0 Å². The average Bonchev–Trinajstić information content (AvgIpc) is 2.79. The monoisotopic (exact) mass is 263 g/mol. The lowest BCUT2D eigenvalue weighted by molar-refractivity contribution is 0.226. The third-order valence-electron chi connectivity index (χ3n) is 4.13. The fourth-order valence-corrected chi connectivity index (χ4v) is 3.20. The first kappa shape index (κ1) is 11.4. The number of aliphatic hydroxyl groups excluding tert-OH is 1. The highest BCUT2D eigenvalue weighted by Gasteiger charge is 2.31. The topological polar surface area (TPSA) is 42.2 Å². The average molecular weight is 263 g/mol.